The van der Waals surface area contributed by atoms with Crippen LogP contribution in [0.2, 0.25) is 0 Å². The second kappa shape index (κ2) is 6.00. The van der Waals surface area contributed by atoms with Gasteiger partial charge < -0.3 is 10.6 Å². The van der Waals surface area contributed by atoms with Crippen molar-refractivity contribution in [1.29, 1.82) is 0 Å². The highest BCUT2D eigenvalue weighted by Gasteiger charge is 2.15. The lowest BCUT2D eigenvalue weighted by atomic mass is 10.0. The monoisotopic (exact) mass is 250 g/mol. The van der Waals surface area contributed by atoms with Gasteiger partial charge in [0.1, 0.15) is 0 Å². The molecule has 1 saturated heterocycles. The van der Waals surface area contributed by atoms with E-state index >= 15 is 0 Å². The SMILES string of the molecule is CC(C)n1cc(NC(=O)CCC2CCNC2)cn1. The Hall–Kier alpha value is -1.36. The summed E-state index contributed by atoms with van der Waals surface area (Å²) in [6, 6.07) is 0.320. The summed E-state index contributed by atoms with van der Waals surface area (Å²) >= 11 is 0. The summed E-state index contributed by atoms with van der Waals surface area (Å²) in [5, 5.41) is 10.4. The zero-order valence-corrected chi connectivity index (χ0v) is 11.1. The van der Waals surface area contributed by atoms with Crippen molar-refractivity contribution in [3.8, 4) is 0 Å². The molecule has 1 aromatic rings. The fraction of sp³-hybridized carbons (Fsp3) is 0.692. The van der Waals surface area contributed by atoms with Gasteiger partial charge >= 0.3 is 0 Å². The highest BCUT2D eigenvalue weighted by atomic mass is 16.1. The Bertz CT molecular complexity index is 393. The summed E-state index contributed by atoms with van der Waals surface area (Å²) in [6.07, 6.45) is 6.34. The van der Waals surface area contributed by atoms with Crippen LogP contribution < -0.4 is 10.6 Å². The predicted octanol–water partition coefficient (Wildman–Crippen LogP) is 1.79. The van der Waals surface area contributed by atoms with Gasteiger partial charge in [-0.3, -0.25) is 9.48 Å². The maximum absolute atomic E-state index is 11.8. The summed E-state index contributed by atoms with van der Waals surface area (Å²) in [6.45, 7) is 6.27. The molecular formula is C13H22N4O. The maximum Gasteiger partial charge on any atom is 0.224 e. The molecule has 5 nitrogen and oxygen atoms in total. The van der Waals surface area contributed by atoms with E-state index in [1.54, 1.807) is 6.20 Å². The van der Waals surface area contributed by atoms with E-state index in [1.165, 1.54) is 6.42 Å². The normalized spacial score (nSPS) is 19.4. The third-order valence-electron chi connectivity index (χ3n) is 3.36. The number of rotatable bonds is 5. The first-order valence-electron chi connectivity index (χ1n) is 6.70. The van der Waals surface area contributed by atoms with Gasteiger partial charge in [-0.25, -0.2) is 0 Å². The van der Waals surface area contributed by atoms with Crippen molar-refractivity contribution in [3.63, 3.8) is 0 Å². The van der Waals surface area contributed by atoms with E-state index < -0.39 is 0 Å². The molecule has 1 atom stereocenters. The quantitative estimate of drug-likeness (QED) is 0.837. The molecule has 1 aromatic heterocycles. The number of aromatic nitrogens is 2. The molecule has 2 N–H and O–H groups in total. The number of nitrogens with one attached hydrogen (secondary N) is 2. The molecule has 2 heterocycles. The van der Waals surface area contributed by atoms with Gasteiger partial charge in [-0.2, -0.15) is 5.10 Å². The highest BCUT2D eigenvalue weighted by molar-refractivity contribution is 5.90. The van der Waals surface area contributed by atoms with Gasteiger partial charge in [0, 0.05) is 18.7 Å². The minimum Gasteiger partial charge on any atom is -0.323 e. The lowest BCUT2D eigenvalue weighted by molar-refractivity contribution is -0.116. The molecule has 1 fully saturated rings. The van der Waals surface area contributed by atoms with Crippen molar-refractivity contribution in [2.24, 2.45) is 5.92 Å². The van der Waals surface area contributed by atoms with Gasteiger partial charge in [0.15, 0.2) is 0 Å². The number of carbonyl (C=O) groups is 1. The topological polar surface area (TPSA) is 59.0 Å². The molecule has 5 heteroatoms. The number of hydrogen-bond acceptors (Lipinski definition) is 3. The van der Waals surface area contributed by atoms with E-state index in [4.69, 9.17) is 0 Å². The van der Waals surface area contributed by atoms with Crippen LogP contribution in [0.5, 0.6) is 0 Å². The van der Waals surface area contributed by atoms with Gasteiger partial charge in [0.25, 0.3) is 0 Å². The van der Waals surface area contributed by atoms with E-state index in [0.717, 1.165) is 25.2 Å². The van der Waals surface area contributed by atoms with Crippen LogP contribution in [0.4, 0.5) is 5.69 Å². The van der Waals surface area contributed by atoms with Crippen molar-refractivity contribution in [2.45, 2.75) is 39.2 Å². The first-order chi connectivity index (χ1) is 8.65. The van der Waals surface area contributed by atoms with Crippen molar-refractivity contribution in [1.82, 2.24) is 15.1 Å². The minimum absolute atomic E-state index is 0.0882. The molecule has 1 aliphatic rings. The van der Waals surface area contributed by atoms with Crippen LogP contribution in [0, 0.1) is 5.92 Å². The zero-order chi connectivity index (χ0) is 13.0. The van der Waals surface area contributed by atoms with Crippen molar-refractivity contribution >= 4 is 11.6 Å². The van der Waals surface area contributed by atoms with Crippen LogP contribution in [0.1, 0.15) is 39.2 Å². The van der Waals surface area contributed by atoms with Gasteiger partial charge in [0.05, 0.1) is 11.9 Å². The predicted molar refractivity (Wildman–Crippen MR) is 71.5 cm³/mol. The van der Waals surface area contributed by atoms with Gasteiger partial charge in [0.2, 0.25) is 5.91 Å². The maximum atomic E-state index is 11.8. The van der Waals surface area contributed by atoms with Crippen molar-refractivity contribution < 1.29 is 4.79 Å². The molecule has 0 radical (unpaired) electrons. The molecule has 0 aromatic carbocycles. The smallest absolute Gasteiger partial charge is 0.224 e. The Morgan fingerprint density at radius 3 is 3.11 bits per heavy atom. The van der Waals surface area contributed by atoms with Gasteiger partial charge in [-0.15, -0.1) is 0 Å². The van der Waals surface area contributed by atoms with E-state index in [-0.39, 0.29) is 5.91 Å². The Morgan fingerprint density at radius 1 is 1.67 bits per heavy atom. The number of anilines is 1. The standard InChI is InChI=1S/C13H22N4O/c1-10(2)17-9-12(8-15-17)16-13(18)4-3-11-5-6-14-7-11/h8-11,14H,3-7H2,1-2H3,(H,16,18). The zero-order valence-electron chi connectivity index (χ0n) is 11.1. The van der Waals surface area contributed by atoms with E-state index in [9.17, 15) is 4.79 Å². The van der Waals surface area contributed by atoms with E-state index in [1.807, 2.05) is 10.9 Å². The Kier molecular flexibility index (Phi) is 4.36. The molecule has 1 amide bonds. The number of carbonyl (C=O) groups excluding carboxylic acids is 1. The van der Waals surface area contributed by atoms with Crippen LogP contribution >= 0.6 is 0 Å². The fourth-order valence-corrected chi connectivity index (χ4v) is 2.20. The Balaban J connectivity index is 1.75. The van der Waals surface area contributed by atoms with Crippen LogP contribution in [0.25, 0.3) is 0 Å². The largest absolute Gasteiger partial charge is 0.323 e. The van der Waals surface area contributed by atoms with E-state index in [0.29, 0.717) is 18.4 Å². The summed E-state index contributed by atoms with van der Waals surface area (Å²) < 4.78 is 1.84. The van der Waals surface area contributed by atoms with Crippen molar-refractivity contribution in [3.05, 3.63) is 12.4 Å². The van der Waals surface area contributed by atoms with Gasteiger partial charge in [-0.1, -0.05) is 0 Å². The summed E-state index contributed by atoms with van der Waals surface area (Å²) in [5.74, 6) is 0.749. The molecule has 1 unspecified atom stereocenters. The first-order valence-corrected chi connectivity index (χ1v) is 6.70. The lowest BCUT2D eigenvalue weighted by Crippen LogP contribution is -2.14. The summed E-state index contributed by atoms with van der Waals surface area (Å²) in [4.78, 5) is 11.8. The van der Waals surface area contributed by atoms with E-state index in [2.05, 4.69) is 29.6 Å². The second-order valence-corrected chi connectivity index (χ2v) is 5.25. The van der Waals surface area contributed by atoms with Crippen LogP contribution in [-0.4, -0.2) is 28.8 Å². The molecule has 0 saturated carbocycles. The molecule has 0 aliphatic carbocycles. The first kappa shape index (κ1) is 13.1. The Labute approximate surface area is 108 Å². The average Bonchev–Trinajstić information content (AvgIpc) is 2.96. The molecule has 0 bridgehead atoms. The number of hydrogen-bond donors (Lipinski definition) is 2. The molecule has 2 rings (SSSR count). The van der Waals surface area contributed by atoms with Crippen LogP contribution in [0.15, 0.2) is 12.4 Å². The Morgan fingerprint density at radius 2 is 2.50 bits per heavy atom. The summed E-state index contributed by atoms with van der Waals surface area (Å²) in [7, 11) is 0. The summed E-state index contributed by atoms with van der Waals surface area (Å²) in [5.41, 5.74) is 0.790. The lowest BCUT2D eigenvalue weighted by Gasteiger charge is -2.07. The molecule has 18 heavy (non-hydrogen) atoms. The second-order valence-electron chi connectivity index (χ2n) is 5.25. The molecular weight excluding hydrogens is 228 g/mol. The third kappa shape index (κ3) is 3.57. The number of amides is 1. The average molecular weight is 250 g/mol. The molecule has 0 spiro atoms. The highest BCUT2D eigenvalue weighted by Crippen LogP contribution is 2.15. The molecule has 1 aliphatic heterocycles. The van der Waals surface area contributed by atoms with Crippen LogP contribution in [-0.2, 0) is 4.79 Å². The van der Waals surface area contributed by atoms with Gasteiger partial charge in [-0.05, 0) is 45.7 Å². The van der Waals surface area contributed by atoms with Crippen molar-refractivity contribution in [2.75, 3.05) is 18.4 Å². The fourth-order valence-electron chi connectivity index (χ4n) is 2.20. The number of nitrogens with zero attached hydrogens (tertiary/aromatic N) is 2. The van der Waals surface area contributed by atoms with Crippen LogP contribution in [0.3, 0.4) is 0 Å². The minimum atomic E-state index is 0.0882. The third-order valence-corrected chi connectivity index (χ3v) is 3.36. The molecule has 100 valence electrons.